The highest BCUT2D eigenvalue weighted by molar-refractivity contribution is 14.1. The Morgan fingerprint density at radius 2 is 2.37 bits per heavy atom. The molecule has 4 atom stereocenters. The molecule has 1 saturated heterocycles. The van der Waals surface area contributed by atoms with Crippen molar-refractivity contribution in [3.05, 3.63) is 0 Å². The lowest BCUT2D eigenvalue weighted by atomic mass is 10.2. The van der Waals surface area contributed by atoms with E-state index in [1.807, 2.05) is 22.6 Å². The second kappa shape index (κ2) is 4.21. The molecule has 1 unspecified atom stereocenters. The third-order valence-electron chi connectivity index (χ3n) is 3.29. The van der Waals surface area contributed by atoms with Gasteiger partial charge in [0.15, 0.2) is 5.84 Å². The number of halogens is 1. The van der Waals surface area contributed by atoms with E-state index >= 15 is 0 Å². The molecule has 8 nitrogen and oxygen atoms in total. The average molecular weight is 377 g/mol. The number of amides is 1. The lowest BCUT2D eigenvalue weighted by Gasteiger charge is -2.28. The maximum Gasteiger partial charge on any atom is 0.294 e. The number of aliphatic hydroxyl groups is 1. The number of carbonyl (C=O) groups is 1. The standard InChI is InChI=1S/C10H12IN5O3/c1-4-5(17)2-6(19-4)16-3-13-10(11)7(16)14-9(12)15-8(10)18/h3-6,17H,2H2,1H3,(H2,12,15,18)/t4-,5+,6-,10?/m1/s1. The van der Waals surface area contributed by atoms with Crippen molar-refractivity contribution in [2.45, 2.75) is 35.3 Å². The van der Waals surface area contributed by atoms with Gasteiger partial charge in [-0.25, -0.2) is 4.99 Å². The number of ether oxygens (including phenoxy) is 1. The van der Waals surface area contributed by atoms with E-state index in [-0.39, 0.29) is 12.1 Å². The highest BCUT2D eigenvalue weighted by Gasteiger charge is 2.52. The fourth-order valence-corrected chi connectivity index (χ4v) is 2.85. The first-order valence-electron chi connectivity index (χ1n) is 5.75. The number of nitrogens with zero attached hydrogens (tertiary/aromatic N) is 4. The van der Waals surface area contributed by atoms with Crippen molar-refractivity contribution in [2.24, 2.45) is 20.7 Å². The lowest BCUT2D eigenvalue weighted by Crippen LogP contribution is -2.49. The molecule has 1 amide bonds. The zero-order valence-electron chi connectivity index (χ0n) is 10.0. The maximum absolute atomic E-state index is 11.9. The number of fused-ring (bicyclic) bond motifs is 1. The molecule has 1 fully saturated rings. The molecule has 0 bridgehead atoms. The number of alkyl halides is 1. The fourth-order valence-electron chi connectivity index (χ4n) is 2.20. The van der Waals surface area contributed by atoms with Crippen molar-refractivity contribution in [3.8, 4) is 0 Å². The van der Waals surface area contributed by atoms with Crippen LogP contribution in [0.5, 0.6) is 0 Å². The van der Waals surface area contributed by atoms with Crippen LogP contribution in [-0.4, -0.2) is 56.0 Å². The molecule has 0 saturated carbocycles. The van der Waals surface area contributed by atoms with E-state index in [9.17, 15) is 9.90 Å². The Bertz CT molecular complexity index is 523. The van der Waals surface area contributed by atoms with Crippen LogP contribution < -0.4 is 5.73 Å². The highest BCUT2D eigenvalue weighted by Crippen LogP contribution is 2.35. The predicted octanol–water partition coefficient (Wildman–Crippen LogP) is -0.789. The molecule has 3 aliphatic heterocycles. The topological polar surface area (TPSA) is 113 Å². The summed E-state index contributed by atoms with van der Waals surface area (Å²) in [7, 11) is 0. The Morgan fingerprint density at radius 1 is 1.63 bits per heavy atom. The van der Waals surface area contributed by atoms with E-state index in [1.54, 1.807) is 11.8 Å². The van der Waals surface area contributed by atoms with Gasteiger partial charge in [-0.15, -0.1) is 0 Å². The molecule has 3 rings (SSSR count). The number of guanidine groups is 1. The van der Waals surface area contributed by atoms with E-state index in [0.717, 1.165) is 0 Å². The zero-order chi connectivity index (χ0) is 13.8. The van der Waals surface area contributed by atoms with E-state index < -0.39 is 21.8 Å². The van der Waals surface area contributed by atoms with Crippen molar-refractivity contribution < 1.29 is 14.6 Å². The molecule has 9 heteroatoms. The van der Waals surface area contributed by atoms with Gasteiger partial charge in [0.1, 0.15) is 6.23 Å². The van der Waals surface area contributed by atoms with E-state index in [2.05, 4.69) is 15.0 Å². The van der Waals surface area contributed by atoms with E-state index in [1.165, 1.54) is 6.34 Å². The van der Waals surface area contributed by atoms with Gasteiger partial charge in [0, 0.05) is 6.42 Å². The van der Waals surface area contributed by atoms with Crippen LogP contribution >= 0.6 is 22.6 Å². The lowest BCUT2D eigenvalue weighted by molar-refractivity contribution is -0.118. The Hall–Kier alpha value is -1.07. The molecule has 0 spiro atoms. The first-order valence-corrected chi connectivity index (χ1v) is 6.83. The highest BCUT2D eigenvalue weighted by atomic mass is 127. The van der Waals surface area contributed by atoms with Gasteiger partial charge in [-0.05, 0) is 29.5 Å². The van der Waals surface area contributed by atoms with Gasteiger partial charge in [0.25, 0.3) is 5.91 Å². The first-order chi connectivity index (χ1) is 8.91. The van der Waals surface area contributed by atoms with Gasteiger partial charge in [-0.3, -0.25) is 9.69 Å². The quantitative estimate of drug-likeness (QED) is 0.353. The molecule has 3 N–H and O–H groups in total. The molecule has 0 radical (unpaired) electrons. The van der Waals surface area contributed by atoms with E-state index in [0.29, 0.717) is 12.3 Å². The zero-order valence-corrected chi connectivity index (χ0v) is 12.2. The summed E-state index contributed by atoms with van der Waals surface area (Å²) in [5.74, 6) is -0.160. The average Bonchev–Trinajstić information content (AvgIpc) is 2.82. The largest absolute Gasteiger partial charge is 0.390 e. The summed E-state index contributed by atoms with van der Waals surface area (Å²) in [6.07, 6.45) is 0.696. The van der Waals surface area contributed by atoms with Crippen LogP contribution in [0.1, 0.15) is 13.3 Å². The normalized spacial score (nSPS) is 41.3. The summed E-state index contributed by atoms with van der Waals surface area (Å²) in [6.45, 7) is 1.79. The van der Waals surface area contributed by atoms with Gasteiger partial charge in [-0.1, -0.05) is 0 Å². The fraction of sp³-hybridized carbons (Fsp3) is 0.600. The van der Waals surface area contributed by atoms with Crippen molar-refractivity contribution in [2.75, 3.05) is 0 Å². The van der Waals surface area contributed by atoms with Gasteiger partial charge >= 0.3 is 0 Å². The molecular weight excluding hydrogens is 365 g/mol. The van der Waals surface area contributed by atoms with Crippen LogP contribution in [0.25, 0.3) is 0 Å². The molecule has 3 aliphatic rings. The summed E-state index contributed by atoms with van der Waals surface area (Å²) in [5.41, 5.74) is 5.52. The number of aliphatic imine (C=N–C) groups is 3. The molecular formula is C10H12IN5O3. The second-order valence-electron chi connectivity index (χ2n) is 4.58. The Labute approximate surface area is 122 Å². The van der Waals surface area contributed by atoms with Crippen molar-refractivity contribution >= 4 is 46.6 Å². The monoisotopic (exact) mass is 377 g/mol. The van der Waals surface area contributed by atoms with Crippen molar-refractivity contribution in [1.29, 1.82) is 0 Å². The van der Waals surface area contributed by atoms with Crippen LogP contribution in [0.4, 0.5) is 0 Å². The summed E-state index contributed by atoms with van der Waals surface area (Å²) in [6, 6.07) is 0. The Morgan fingerprint density at radius 3 is 3.00 bits per heavy atom. The second-order valence-corrected chi connectivity index (χ2v) is 6.14. The molecule has 0 aromatic rings. The van der Waals surface area contributed by atoms with Crippen LogP contribution in [0.3, 0.4) is 0 Å². The SMILES string of the molecule is C[C@H]1O[C@@H](N2C=NC3(I)C(=O)N=C(N)N=C23)C[C@@H]1O. The molecule has 19 heavy (non-hydrogen) atoms. The summed E-state index contributed by atoms with van der Waals surface area (Å²) < 4.78 is 4.46. The van der Waals surface area contributed by atoms with Crippen LogP contribution in [-0.2, 0) is 9.53 Å². The Balaban J connectivity index is 1.92. The molecule has 0 aliphatic carbocycles. The third-order valence-corrected chi connectivity index (χ3v) is 4.51. The predicted molar refractivity (Wildman–Crippen MR) is 76.1 cm³/mol. The van der Waals surface area contributed by atoms with Crippen molar-refractivity contribution in [1.82, 2.24) is 4.90 Å². The van der Waals surface area contributed by atoms with Crippen LogP contribution in [0.2, 0.25) is 0 Å². The molecule has 0 aromatic carbocycles. The number of hydrogen-bond donors (Lipinski definition) is 2. The minimum absolute atomic E-state index is 0.0885. The summed E-state index contributed by atoms with van der Waals surface area (Å²) in [5, 5.41) is 9.74. The smallest absolute Gasteiger partial charge is 0.294 e. The number of hydrogen-bond acceptors (Lipinski definition) is 7. The summed E-state index contributed by atoms with van der Waals surface area (Å²) >= 11 is 1.89. The van der Waals surface area contributed by atoms with E-state index in [4.69, 9.17) is 10.5 Å². The number of amidine groups is 1. The van der Waals surface area contributed by atoms with Crippen molar-refractivity contribution in [3.63, 3.8) is 0 Å². The minimum atomic E-state index is -1.17. The van der Waals surface area contributed by atoms with Gasteiger partial charge in [0.2, 0.25) is 9.51 Å². The molecule has 102 valence electrons. The minimum Gasteiger partial charge on any atom is -0.390 e. The maximum atomic E-state index is 11.9. The Kier molecular flexibility index (Phi) is 2.87. The third kappa shape index (κ3) is 1.87. The number of carbonyl (C=O) groups excluding carboxylic acids is 1. The van der Waals surface area contributed by atoms with Crippen LogP contribution in [0, 0.1) is 0 Å². The number of aliphatic hydroxyl groups excluding tert-OH is 1. The van der Waals surface area contributed by atoms with Gasteiger partial charge in [-0.2, -0.15) is 9.98 Å². The number of nitrogens with two attached hydrogens (primary N) is 1. The number of rotatable bonds is 1. The van der Waals surface area contributed by atoms with Gasteiger partial charge in [0.05, 0.1) is 18.5 Å². The van der Waals surface area contributed by atoms with Gasteiger partial charge < -0.3 is 15.6 Å². The molecule has 0 aromatic heterocycles. The summed E-state index contributed by atoms with van der Waals surface area (Å²) in [4.78, 5) is 25.4. The molecule has 3 heterocycles. The first kappa shape index (κ1) is 12.9. The van der Waals surface area contributed by atoms with Crippen LogP contribution in [0.15, 0.2) is 15.0 Å².